The highest BCUT2D eigenvalue weighted by Crippen LogP contribution is 2.20. The highest BCUT2D eigenvalue weighted by atomic mass is 16.1. The van der Waals surface area contributed by atoms with E-state index < -0.39 is 0 Å². The molecule has 1 amide bonds. The number of aryl methyl sites for hydroxylation is 2. The highest BCUT2D eigenvalue weighted by Gasteiger charge is 2.18. The number of benzene rings is 1. The maximum absolute atomic E-state index is 12.5. The molecular weight excluding hydrogens is 304 g/mol. The van der Waals surface area contributed by atoms with Crippen LogP contribution >= 0.6 is 0 Å². The summed E-state index contributed by atoms with van der Waals surface area (Å²) in [5.74, 6) is -0.220. The van der Waals surface area contributed by atoms with Gasteiger partial charge in [0.1, 0.15) is 0 Å². The first-order chi connectivity index (χ1) is 11.6. The number of aromatic nitrogens is 4. The summed E-state index contributed by atoms with van der Waals surface area (Å²) >= 11 is 0. The van der Waals surface area contributed by atoms with Gasteiger partial charge in [-0.25, -0.2) is 0 Å². The Labute approximate surface area is 139 Å². The summed E-state index contributed by atoms with van der Waals surface area (Å²) in [6.45, 7) is 2.37. The van der Waals surface area contributed by atoms with Crippen LogP contribution < -0.4 is 11.1 Å². The molecule has 0 radical (unpaired) electrons. The Balaban J connectivity index is 1.69. The molecule has 124 valence electrons. The smallest absolute Gasteiger partial charge is 0.255 e. The molecule has 2 aromatic heterocycles. The normalized spacial score (nSPS) is 12.1. The summed E-state index contributed by atoms with van der Waals surface area (Å²) in [6.07, 6.45) is 3.18. The molecule has 4 N–H and O–H groups in total. The molecule has 0 fully saturated rings. The molecule has 3 aromatic rings. The number of hydrogen-bond acceptors (Lipinski definition) is 4. The third-order valence-corrected chi connectivity index (χ3v) is 3.95. The Hall–Kier alpha value is -2.93. The van der Waals surface area contributed by atoms with Crippen LogP contribution in [0.15, 0.2) is 42.7 Å². The zero-order chi connectivity index (χ0) is 17.1. The second-order valence-corrected chi connectivity index (χ2v) is 5.73. The van der Waals surface area contributed by atoms with Crippen LogP contribution in [0.25, 0.3) is 11.4 Å². The number of nitrogens with zero attached hydrogens (tertiary/aromatic N) is 3. The second kappa shape index (κ2) is 6.67. The quantitative estimate of drug-likeness (QED) is 0.662. The minimum atomic E-state index is -0.262. The van der Waals surface area contributed by atoms with Crippen molar-refractivity contribution in [3.8, 4) is 11.4 Å². The van der Waals surface area contributed by atoms with Gasteiger partial charge in [-0.05, 0) is 18.6 Å². The number of H-pyrrole nitrogens is 1. The van der Waals surface area contributed by atoms with Crippen LogP contribution in [0.3, 0.4) is 0 Å². The molecule has 0 bridgehead atoms. The van der Waals surface area contributed by atoms with Crippen LogP contribution in [0.2, 0.25) is 0 Å². The number of hydrogen-bond donors (Lipinski definition) is 3. The van der Waals surface area contributed by atoms with Crippen LogP contribution in [0, 0.1) is 6.92 Å². The molecule has 0 saturated heterocycles. The zero-order valence-corrected chi connectivity index (χ0v) is 13.7. The monoisotopic (exact) mass is 324 g/mol. The first-order valence-corrected chi connectivity index (χ1v) is 7.68. The van der Waals surface area contributed by atoms with Gasteiger partial charge >= 0.3 is 0 Å². The maximum atomic E-state index is 12.5. The first-order valence-electron chi connectivity index (χ1n) is 7.68. The van der Waals surface area contributed by atoms with Crippen molar-refractivity contribution < 1.29 is 4.79 Å². The van der Waals surface area contributed by atoms with E-state index in [1.807, 2.05) is 44.3 Å². The van der Waals surface area contributed by atoms with Crippen molar-refractivity contribution in [1.82, 2.24) is 25.3 Å². The Kier molecular flexibility index (Phi) is 4.43. The van der Waals surface area contributed by atoms with E-state index >= 15 is 0 Å². The Morgan fingerprint density at radius 1 is 1.33 bits per heavy atom. The van der Waals surface area contributed by atoms with E-state index in [-0.39, 0.29) is 11.9 Å². The number of amides is 1. The molecule has 7 nitrogen and oxygen atoms in total. The lowest BCUT2D eigenvalue weighted by molar-refractivity contribution is 0.0952. The summed E-state index contributed by atoms with van der Waals surface area (Å²) in [5.41, 5.74) is 10.2. The third-order valence-electron chi connectivity index (χ3n) is 3.95. The molecule has 0 aliphatic heterocycles. The van der Waals surface area contributed by atoms with E-state index in [9.17, 15) is 4.79 Å². The number of rotatable bonds is 5. The van der Waals surface area contributed by atoms with E-state index in [0.717, 1.165) is 11.3 Å². The minimum Gasteiger partial charge on any atom is -0.350 e. The number of nitrogens with one attached hydrogen (secondary N) is 2. The molecule has 0 spiro atoms. The Morgan fingerprint density at radius 2 is 2.08 bits per heavy atom. The first kappa shape index (κ1) is 15.9. The van der Waals surface area contributed by atoms with Crippen molar-refractivity contribution in [2.75, 3.05) is 6.54 Å². The van der Waals surface area contributed by atoms with Crippen molar-refractivity contribution in [1.29, 1.82) is 0 Å². The molecule has 1 unspecified atom stereocenters. The fourth-order valence-corrected chi connectivity index (χ4v) is 2.50. The van der Waals surface area contributed by atoms with Gasteiger partial charge in [-0.3, -0.25) is 14.6 Å². The van der Waals surface area contributed by atoms with Gasteiger partial charge in [0.05, 0.1) is 23.1 Å². The van der Waals surface area contributed by atoms with Gasteiger partial charge in [0, 0.05) is 25.8 Å². The van der Waals surface area contributed by atoms with Gasteiger partial charge in [0.2, 0.25) is 0 Å². The predicted molar refractivity (Wildman–Crippen MR) is 91.2 cm³/mol. The number of carbonyl (C=O) groups excluding carboxylic acids is 1. The third kappa shape index (κ3) is 3.21. The molecule has 0 aliphatic carbocycles. The molecule has 7 heteroatoms. The maximum Gasteiger partial charge on any atom is 0.255 e. The lowest BCUT2D eigenvalue weighted by Crippen LogP contribution is -2.32. The average molecular weight is 324 g/mol. The summed E-state index contributed by atoms with van der Waals surface area (Å²) in [6, 6.07) is 9.53. The predicted octanol–water partition coefficient (Wildman–Crippen LogP) is 1.55. The van der Waals surface area contributed by atoms with Crippen LogP contribution in [-0.4, -0.2) is 32.4 Å². The zero-order valence-electron chi connectivity index (χ0n) is 13.7. The molecule has 3 rings (SSSR count). The van der Waals surface area contributed by atoms with Gasteiger partial charge in [-0.15, -0.1) is 0 Å². The molecule has 1 atom stereocenters. The second-order valence-electron chi connectivity index (χ2n) is 5.73. The Morgan fingerprint density at radius 3 is 2.75 bits per heavy atom. The van der Waals surface area contributed by atoms with Crippen molar-refractivity contribution in [3.63, 3.8) is 0 Å². The lowest BCUT2D eigenvalue weighted by atomic mass is 10.1. The largest absolute Gasteiger partial charge is 0.350 e. The number of nitrogens with two attached hydrogens (primary N) is 1. The van der Waals surface area contributed by atoms with E-state index in [1.54, 1.807) is 10.9 Å². The van der Waals surface area contributed by atoms with Crippen molar-refractivity contribution in [3.05, 3.63) is 59.4 Å². The molecule has 24 heavy (non-hydrogen) atoms. The summed E-state index contributed by atoms with van der Waals surface area (Å²) in [5, 5.41) is 13.8. The summed E-state index contributed by atoms with van der Waals surface area (Å²) < 4.78 is 1.68. The molecule has 0 aliphatic rings. The fourth-order valence-electron chi connectivity index (χ4n) is 2.50. The molecule has 1 aromatic carbocycles. The standard InChI is InChI=1S/C17H20N6O/c1-11-3-5-12(6-4-11)14(18)10-19-17(24)13-9-20-22-16(13)15-7-8-21-23(15)2/h3-9,14H,10,18H2,1-2H3,(H,19,24)(H,20,22). The molecule has 2 heterocycles. The van der Waals surface area contributed by atoms with Crippen molar-refractivity contribution in [2.45, 2.75) is 13.0 Å². The van der Waals surface area contributed by atoms with Crippen LogP contribution in [0.4, 0.5) is 0 Å². The molecular formula is C17H20N6O. The van der Waals surface area contributed by atoms with Gasteiger partial charge in [-0.2, -0.15) is 10.2 Å². The van der Waals surface area contributed by atoms with Gasteiger partial charge in [-0.1, -0.05) is 29.8 Å². The Bertz CT molecular complexity index is 833. The van der Waals surface area contributed by atoms with Crippen LogP contribution in [0.1, 0.15) is 27.5 Å². The van der Waals surface area contributed by atoms with E-state index in [2.05, 4.69) is 20.6 Å². The number of aromatic amines is 1. The summed E-state index contributed by atoms with van der Waals surface area (Å²) in [4.78, 5) is 12.5. The van der Waals surface area contributed by atoms with Gasteiger partial charge in [0.15, 0.2) is 0 Å². The highest BCUT2D eigenvalue weighted by molar-refractivity contribution is 5.99. The average Bonchev–Trinajstić information content (AvgIpc) is 3.21. The number of carbonyl (C=O) groups is 1. The fraction of sp³-hybridized carbons (Fsp3) is 0.235. The minimum absolute atomic E-state index is 0.220. The SMILES string of the molecule is Cc1ccc(C(N)CNC(=O)c2cn[nH]c2-c2ccnn2C)cc1. The van der Waals surface area contributed by atoms with Crippen LogP contribution in [-0.2, 0) is 7.05 Å². The lowest BCUT2D eigenvalue weighted by Gasteiger charge is -2.13. The van der Waals surface area contributed by atoms with Crippen molar-refractivity contribution in [2.24, 2.45) is 12.8 Å². The van der Waals surface area contributed by atoms with E-state index in [0.29, 0.717) is 17.8 Å². The van der Waals surface area contributed by atoms with Crippen molar-refractivity contribution >= 4 is 5.91 Å². The molecule has 0 saturated carbocycles. The topological polar surface area (TPSA) is 102 Å². The van der Waals surface area contributed by atoms with Gasteiger partial charge in [0.25, 0.3) is 5.91 Å². The summed E-state index contributed by atoms with van der Waals surface area (Å²) in [7, 11) is 1.81. The van der Waals surface area contributed by atoms with Gasteiger partial charge < -0.3 is 11.1 Å². The van der Waals surface area contributed by atoms with E-state index in [4.69, 9.17) is 5.73 Å². The van der Waals surface area contributed by atoms with E-state index in [1.165, 1.54) is 11.8 Å². The van der Waals surface area contributed by atoms with Crippen LogP contribution in [0.5, 0.6) is 0 Å².